The number of carbonyl (C=O) groups is 2. The van der Waals surface area contributed by atoms with E-state index in [0.717, 1.165) is 5.56 Å². The predicted molar refractivity (Wildman–Crippen MR) is 69.5 cm³/mol. The molecule has 0 N–H and O–H groups in total. The number of carbonyl (C=O) groups excluding carboxylic acids is 2. The Hall–Kier alpha value is -1.35. The van der Waals surface area contributed by atoms with E-state index in [1.54, 1.807) is 12.1 Å². The highest BCUT2D eigenvalue weighted by molar-refractivity contribution is 6.32. The third-order valence-electron chi connectivity index (χ3n) is 4.44. The van der Waals surface area contributed by atoms with Crippen LogP contribution in [-0.2, 0) is 9.59 Å². The molecule has 0 aromatic heterocycles. The normalized spacial score (nSPS) is 33.9. The first-order valence-corrected chi connectivity index (χ1v) is 6.34. The minimum atomic E-state index is -0.514. The molecule has 1 saturated heterocycles. The molecule has 18 heavy (non-hydrogen) atoms. The van der Waals surface area contributed by atoms with Gasteiger partial charge in [-0.25, -0.2) is 4.90 Å². The lowest BCUT2D eigenvalue weighted by Gasteiger charge is -2.19. The number of fused-ring (bicyclic) bond motifs is 1. The van der Waals surface area contributed by atoms with E-state index in [1.165, 1.54) is 4.90 Å². The Bertz CT molecular complexity index is 551. The Morgan fingerprint density at radius 2 is 1.67 bits per heavy atom. The van der Waals surface area contributed by atoms with Gasteiger partial charge in [-0.2, -0.15) is 0 Å². The van der Waals surface area contributed by atoms with Crippen molar-refractivity contribution in [2.24, 2.45) is 10.8 Å². The second-order valence-electron chi connectivity index (χ2n) is 5.77. The summed E-state index contributed by atoms with van der Waals surface area (Å²) in [7, 11) is 0. The third kappa shape index (κ3) is 1.20. The topological polar surface area (TPSA) is 37.4 Å². The first-order valence-electron chi connectivity index (χ1n) is 5.96. The van der Waals surface area contributed by atoms with E-state index in [9.17, 15) is 9.59 Å². The van der Waals surface area contributed by atoms with Gasteiger partial charge in [0.1, 0.15) is 0 Å². The van der Waals surface area contributed by atoms with Crippen molar-refractivity contribution in [3.63, 3.8) is 0 Å². The molecule has 1 aromatic carbocycles. The average Bonchev–Trinajstić information content (AvgIpc) is 2.78. The summed E-state index contributed by atoms with van der Waals surface area (Å²) in [5.74, 6) is -0.201. The summed E-state index contributed by atoms with van der Waals surface area (Å²) in [5.41, 5.74) is 0.499. The molecule has 2 amide bonds. The molecular formula is C14H14ClNO2. The van der Waals surface area contributed by atoms with Crippen LogP contribution in [0.3, 0.4) is 0 Å². The van der Waals surface area contributed by atoms with Crippen molar-refractivity contribution in [1.82, 2.24) is 0 Å². The number of imide groups is 1. The zero-order valence-corrected chi connectivity index (χ0v) is 11.3. The number of piperidine rings is 1. The fourth-order valence-corrected chi connectivity index (χ4v) is 3.24. The number of hydrogen-bond donors (Lipinski definition) is 0. The molecule has 2 aliphatic rings. The monoisotopic (exact) mass is 263 g/mol. The first-order chi connectivity index (χ1) is 8.29. The molecule has 2 fully saturated rings. The van der Waals surface area contributed by atoms with Gasteiger partial charge in [-0.15, -0.1) is 0 Å². The van der Waals surface area contributed by atoms with E-state index >= 15 is 0 Å². The van der Waals surface area contributed by atoms with Crippen LogP contribution in [0.2, 0.25) is 5.02 Å². The first kappa shape index (κ1) is 11.7. The second kappa shape index (κ2) is 3.15. The lowest BCUT2D eigenvalue weighted by Crippen LogP contribution is -2.35. The number of amides is 2. The molecule has 1 aliphatic carbocycles. The maximum absolute atomic E-state index is 12.4. The fourth-order valence-electron chi connectivity index (χ4n) is 2.95. The fraction of sp³-hybridized carbons (Fsp3) is 0.429. The van der Waals surface area contributed by atoms with Crippen molar-refractivity contribution in [2.75, 3.05) is 4.90 Å². The Balaban J connectivity index is 2.09. The quantitative estimate of drug-likeness (QED) is 0.731. The summed E-state index contributed by atoms with van der Waals surface area (Å²) in [5, 5.41) is 0.543. The van der Waals surface area contributed by atoms with Crippen LogP contribution in [-0.4, -0.2) is 11.8 Å². The van der Waals surface area contributed by atoms with Gasteiger partial charge >= 0.3 is 0 Å². The minimum absolute atomic E-state index is 0.100. The van der Waals surface area contributed by atoms with Crippen molar-refractivity contribution in [3.05, 3.63) is 28.8 Å². The third-order valence-corrected chi connectivity index (χ3v) is 4.65. The largest absolute Gasteiger partial charge is 0.273 e. The van der Waals surface area contributed by atoms with Gasteiger partial charge in [-0.3, -0.25) is 9.59 Å². The summed E-state index contributed by atoms with van der Waals surface area (Å²) in [6, 6.07) is 5.29. The molecule has 94 valence electrons. The van der Waals surface area contributed by atoms with Crippen LogP contribution in [0.4, 0.5) is 5.69 Å². The Morgan fingerprint density at radius 3 is 2.17 bits per heavy atom. The van der Waals surface area contributed by atoms with E-state index in [1.807, 2.05) is 26.8 Å². The van der Waals surface area contributed by atoms with Crippen LogP contribution in [0.1, 0.15) is 25.8 Å². The van der Waals surface area contributed by atoms with Gasteiger partial charge in [0.2, 0.25) is 11.8 Å². The molecule has 1 aromatic rings. The summed E-state index contributed by atoms with van der Waals surface area (Å²) in [6.07, 6.45) is 0.660. The van der Waals surface area contributed by atoms with Crippen LogP contribution in [0.15, 0.2) is 18.2 Å². The summed E-state index contributed by atoms with van der Waals surface area (Å²) >= 11 is 5.99. The van der Waals surface area contributed by atoms with Crippen LogP contribution in [0.25, 0.3) is 0 Å². The molecule has 1 saturated carbocycles. The van der Waals surface area contributed by atoms with Gasteiger partial charge < -0.3 is 0 Å². The van der Waals surface area contributed by atoms with Crippen LogP contribution < -0.4 is 4.90 Å². The summed E-state index contributed by atoms with van der Waals surface area (Å²) in [6.45, 7) is 5.62. The molecule has 1 aliphatic heterocycles. The SMILES string of the molecule is Cc1cc(Cl)cc(N2C(=O)C3(C)CC3(C)C2=O)c1. The van der Waals surface area contributed by atoms with Crippen molar-refractivity contribution in [2.45, 2.75) is 27.2 Å². The minimum Gasteiger partial charge on any atom is -0.273 e. The molecule has 2 atom stereocenters. The highest BCUT2D eigenvalue weighted by atomic mass is 35.5. The Labute approximate surface area is 111 Å². The van der Waals surface area contributed by atoms with Gasteiger partial charge in [0.25, 0.3) is 0 Å². The van der Waals surface area contributed by atoms with Crippen molar-refractivity contribution >= 4 is 29.1 Å². The van der Waals surface area contributed by atoms with Gasteiger partial charge in [0.15, 0.2) is 0 Å². The van der Waals surface area contributed by atoms with E-state index in [4.69, 9.17) is 11.6 Å². The number of halogens is 1. The van der Waals surface area contributed by atoms with Crippen molar-refractivity contribution in [1.29, 1.82) is 0 Å². The molecule has 2 unspecified atom stereocenters. The van der Waals surface area contributed by atoms with Crippen molar-refractivity contribution in [3.8, 4) is 0 Å². The molecule has 0 spiro atoms. The summed E-state index contributed by atoms with van der Waals surface area (Å²) in [4.78, 5) is 26.0. The second-order valence-corrected chi connectivity index (χ2v) is 6.21. The van der Waals surface area contributed by atoms with Crippen LogP contribution in [0.5, 0.6) is 0 Å². The van der Waals surface area contributed by atoms with Gasteiger partial charge in [0, 0.05) is 5.02 Å². The van der Waals surface area contributed by atoms with Gasteiger partial charge in [-0.1, -0.05) is 11.6 Å². The molecule has 3 rings (SSSR count). The molecular weight excluding hydrogens is 250 g/mol. The number of aryl methyl sites for hydroxylation is 1. The number of benzene rings is 1. The smallest absolute Gasteiger partial charge is 0.240 e. The summed E-state index contributed by atoms with van der Waals surface area (Å²) < 4.78 is 0. The lowest BCUT2D eigenvalue weighted by atomic mass is 10.00. The number of nitrogens with zero attached hydrogens (tertiary/aromatic N) is 1. The number of anilines is 1. The van der Waals surface area contributed by atoms with E-state index in [2.05, 4.69) is 0 Å². The van der Waals surface area contributed by atoms with E-state index in [0.29, 0.717) is 17.1 Å². The van der Waals surface area contributed by atoms with Crippen molar-refractivity contribution < 1.29 is 9.59 Å². The molecule has 0 bridgehead atoms. The number of hydrogen-bond acceptors (Lipinski definition) is 2. The maximum Gasteiger partial charge on any atom is 0.240 e. The van der Waals surface area contributed by atoms with E-state index < -0.39 is 10.8 Å². The average molecular weight is 264 g/mol. The maximum atomic E-state index is 12.4. The number of rotatable bonds is 1. The van der Waals surface area contributed by atoms with Crippen LogP contribution >= 0.6 is 11.6 Å². The van der Waals surface area contributed by atoms with Gasteiger partial charge in [-0.05, 0) is 51.0 Å². The van der Waals surface area contributed by atoms with Crippen LogP contribution in [0, 0.1) is 17.8 Å². The Kier molecular flexibility index (Phi) is 2.05. The Morgan fingerprint density at radius 1 is 1.11 bits per heavy atom. The standard InChI is InChI=1S/C14H14ClNO2/c1-8-4-9(15)6-10(5-8)16-11(17)13(2)7-14(13,3)12(16)18/h4-6H,7H2,1-3H3. The lowest BCUT2D eigenvalue weighted by molar-refractivity contribution is -0.125. The zero-order valence-electron chi connectivity index (χ0n) is 10.6. The molecule has 4 heteroatoms. The van der Waals surface area contributed by atoms with E-state index in [-0.39, 0.29) is 11.8 Å². The molecule has 0 radical (unpaired) electrons. The zero-order chi connectivity index (χ0) is 13.3. The predicted octanol–water partition coefficient (Wildman–Crippen LogP) is 2.94. The van der Waals surface area contributed by atoms with Gasteiger partial charge in [0.05, 0.1) is 16.5 Å². The highest BCUT2D eigenvalue weighted by Crippen LogP contribution is 2.69. The highest BCUT2D eigenvalue weighted by Gasteiger charge is 2.77. The molecule has 3 nitrogen and oxygen atoms in total. The molecule has 1 heterocycles.